The van der Waals surface area contributed by atoms with Crippen LogP contribution in [0.2, 0.25) is 5.02 Å². The average Bonchev–Trinajstić information content (AvgIpc) is 3.03. The summed E-state index contributed by atoms with van der Waals surface area (Å²) in [7, 11) is 1.87. The van der Waals surface area contributed by atoms with Gasteiger partial charge in [0.05, 0.1) is 10.2 Å². The number of nitrogens with zero attached hydrogens (tertiary/aromatic N) is 2. The van der Waals surface area contributed by atoms with E-state index in [9.17, 15) is 4.79 Å². The van der Waals surface area contributed by atoms with Crippen LogP contribution in [0.4, 0.5) is 0 Å². The standard InChI is InChI=1S/C26H28ClIN2O3S/c1-3-32-23-15-18(13-21(28)24(23)33-16-17-9-11-19(27)12-10-17)14-22-25(31)30(26(34)29(22)2)20-7-5-4-6-8-20/h9-15,20H,3-8,16H2,1-2H3/b22-14-. The van der Waals surface area contributed by atoms with Crippen molar-refractivity contribution >= 4 is 63.5 Å². The normalized spacial score (nSPS) is 18.2. The van der Waals surface area contributed by atoms with Gasteiger partial charge in [-0.3, -0.25) is 9.69 Å². The van der Waals surface area contributed by atoms with E-state index in [2.05, 4.69) is 22.6 Å². The SMILES string of the molecule is CCOc1cc(/C=C2/C(=O)N(C3CCCCC3)C(=S)N2C)cc(I)c1OCc1ccc(Cl)cc1. The highest BCUT2D eigenvalue weighted by atomic mass is 127. The Morgan fingerprint density at radius 3 is 2.53 bits per heavy atom. The van der Waals surface area contributed by atoms with E-state index in [4.69, 9.17) is 33.3 Å². The fraction of sp³-hybridized carbons (Fsp3) is 0.385. The van der Waals surface area contributed by atoms with E-state index in [1.807, 2.05) is 66.2 Å². The molecule has 0 radical (unpaired) electrons. The highest BCUT2D eigenvalue weighted by Gasteiger charge is 2.40. The van der Waals surface area contributed by atoms with Crippen LogP contribution in [0.5, 0.6) is 11.5 Å². The van der Waals surface area contributed by atoms with Gasteiger partial charge in [-0.25, -0.2) is 0 Å². The molecule has 2 aliphatic rings. The predicted molar refractivity (Wildman–Crippen MR) is 148 cm³/mol. The monoisotopic (exact) mass is 610 g/mol. The molecule has 2 aromatic rings. The maximum atomic E-state index is 13.3. The minimum absolute atomic E-state index is 0.0181. The molecule has 2 aromatic carbocycles. The molecule has 1 aliphatic heterocycles. The minimum Gasteiger partial charge on any atom is -0.490 e. The van der Waals surface area contributed by atoms with Crippen LogP contribution in [0.25, 0.3) is 6.08 Å². The van der Waals surface area contributed by atoms with Crippen LogP contribution in [0.15, 0.2) is 42.1 Å². The number of carbonyl (C=O) groups is 1. The summed E-state index contributed by atoms with van der Waals surface area (Å²) in [6.07, 6.45) is 7.44. The van der Waals surface area contributed by atoms with Crippen LogP contribution < -0.4 is 9.47 Å². The van der Waals surface area contributed by atoms with Crippen LogP contribution in [-0.4, -0.2) is 40.5 Å². The van der Waals surface area contributed by atoms with Crippen molar-refractivity contribution in [1.29, 1.82) is 0 Å². The van der Waals surface area contributed by atoms with E-state index in [0.29, 0.717) is 40.5 Å². The summed E-state index contributed by atoms with van der Waals surface area (Å²) in [5.41, 5.74) is 2.47. The zero-order chi connectivity index (χ0) is 24.2. The first-order valence-corrected chi connectivity index (χ1v) is 13.4. The number of ether oxygens (including phenoxy) is 2. The van der Waals surface area contributed by atoms with Gasteiger partial charge < -0.3 is 14.4 Å². The van der Waals surface area contributed by atoms with E-state index in [0.717, 1.165) is 40.4 Å². The first-order chi connectivity index (χ1) is 16.4. The Hall–Kier alpha value is -1.84. The van der Waals surface area contributed by atoms with Crippen molar-refractivity contribution in [1.82, 2.24) is 9.80 Å². The summed E-state index contributed by atoms with van der Waals surface area (Å²) in [5.74, 6) is 1.32. The van der Waals surface area contributed by atoms with Gasteiger partial charge in [0.25, 0.3) is 5.91 Å². The Labute approximate surface area is 225 Å². The Bertz CT molecular complexity index is 1100. The average molecular weight is 611 g/mol. The molecule has 5 nitrogen and oxygen atoms in total. The fourth-order valence-electron chi connectivity index (χ4n) is 4.41. The van der Waals surface area contributed by atoms with Crippen molar-refractivity contribution < 1.29 is 14.3 Å². The predicted octanol–water partition coefficient (Wildman–Crippen LogP) is 6.65. The van der Waals surface area contributed by atoms with Gasteiger partial charge >= 0.3 is 0 Å². The summed E-state index contributed by atoms with van der Waals surface area (Å²) in [6, 6.07) is 11.7. The molecular formula is C26H28ClIN2O3S. The number of carbonyl (C=O) groups excluding carboxylic acids is 1. The molecule has 8 heteroatoms. The lowest BCUT2D eigenvalue weighted by Gasteiger charge is -2.30. The summed E-state index contributed by atoms with van der Waals surface area (Å²) in [6.45, 7) is 2.85. The molecule has 0 aromatic heterocycles. The molecule has 0 bridgehead atoms. The second-order valence-corrected chi connectivity index (χ2v) is 10.5. The number of rotatable bonds is 7. The van der Waals surface area contributed by atoms with Gasteiger partial charge in [0.15, 0.2) is 16.6 Å². The number of benzene rings is 2. The second-order valence-electron chi connectivity index (χ2n) is 8.52. The van der Waals surface area contributed by atoms with Crippen molar-refractivity contribution in [3.8, 4) is 11.5 Å². The Kier molecular flexibility index (Phi) is 8.37. The molecule has 0 atom stereocenters. The summed E-state index contributed by atoms with van der Waals surface area (Å²) >= 11 is 13.9. The van der Waals surface area contributed by atoms with Crippen molar-refractivity contribution in [2.24, 2.45) is 0 Å². The van der Waals surface area contributed by atoms with Crippen LogP contribution in [0.1, 0.15) is 50.2 Å². The Morgan fingerprint density at radius 1 is 1.15 bits per heavy atom. The molecule has 1 saturated heterocycles. The minimum atomic E-state index is -0.0181. The molecule has 1 amide bonds. The topological polar surface area (TPSA) is 42.0 Å². The van der Waals surface area contributed by atoms with Crippen molar-refractivity contribution in [2.75, 3.05) is 13.7 Å². The van der Waals surface area contributed by atoms with Gasteiger partial charge in [0, 0.05) is 18.1 Å². The van der Waals surface area contributed by atoms with Gasteiger partial charge in [-0.15, -0.1) is 0 Å². The first kappa shape index (κ1) is 25.3. The van der Waals surface area contributed by atoms with E-state index < -0.39 is 0 Å². The number of hydrogen-bond acceptors (Lipinski definition) is 4. The maximum absolute atomic E-state index is 13.3. The van der Waals surface area contributed by atoms with Crippen molar-refractivity contribution in [2.45, 2.75) is 51.7 Å². The van der Waals surface area contributed by atoms with Crippen molar-refractivity contribution in [3.05, 3.63) is 61.8 Å². The van der Waals surface area contributed by atoms with E-state index in [1.54, 1.807) is 0 Å². The lowest BCUT2D eigenvalue weighted by Crippen LogP contribution is -2.41. The largest absolute Gasteiger partial charge is 0.490 e. The zero-order valence-corrected chi connectivity index (χ0v) is 23.1. The molecule has 0 unspecified atom stereocenters. The fourth-order valence-corrected chi connectivity index (χ4v) is 5.64. The third-order valence-corrected chi connectivity index (χ3v) is 7.69. The summed E-state index contributed by atoms with van der Waals surface area (Å²) in [4.78, 5) is 17.0. The summed E-state index contributed by atoms with van der Waals surface area (Å²) < 4.78 is 12.9. The van der Waals surface area contributed by atoms with E-state index in [-0.39, 0.29) is 11.9 Å². The number of hydrogen-bond donors (Lipinski definition) is 0. The lowest BCUT2D eigenvalue weighted by molar-refractivity contribution is -0.124. The number of amides is 1. The highest BCUT2D eigenvalue weighted by molar-refractivity contribution is 14.1. The second kappa shape index (κ2) is 11.3. The van der Waals surface area contributed by atoms with Gasteiger partial charge in [-0.1, -0.05) is 43.0 Å². The number of thiocarbonyl (C=S) groups is 1. The quantitative estimate of drug-likeness (QED) is 0.199. The molecule has 2 fully saturated rings. The highest BCUT2D eigenvalue weighted by Crippen LogP contribution is 2.37. The van der Waals surface area contributed by atoms with Gasteiger partial charge in [0.2, 0.25) is 0 Å². The van der Waals surface area contributed by atoms with E-state index >= 15 is 0 Å². The Balaban J connectivity index is 1.59. The van der Waals surface area contributed by atoms with Crippen LogP contribution in [0, 0.1) is 3.57 Å². The molecule has 1 heterocycles. The third-order valence-electron chi connectivity index (χ3n) is 6.16. The molecule has 0 N–H and O–H groups in total. The molecular weight excluding hydrogens is 583 g/mol. The zero-order valence-electron chi connectivity index (χ0n) is 19.4. The smallest absolute Gasteiger partial charge is 0.277 e. The first-order valence-electron chi connectivity index (χ1n) is 11.6. The van der Waals surface area contributed by atoms with Crippen molar-refractivity contribution in [3.63, 3.8) is 0 Å². The molecule has 0 spiro atoms. The van der Waals surface area contributed by atoms with Gasteiger partial charge in [0.1, 0.15) is 12.3 Å². The van der Waals surface area contributed by atoms with Crippen LogP contribution in [-0.2, 0) is 11.4 Å². The van der Waals surface area contributed by atoms with Crippen LogP contribution in [0.3, 0.4) is 0 Å². The molecule has 180 valence electrons. The number of likely N-dealkylation sites (N-methyl/N-ethyl adjacent to an activating group) is 1. The lowest BCUT2D eigenvalue weighted by atomic mass is 9.94. The number of halogens is 2. The molecule has 4 rings (SSSR count). The van der Waals surface area contributed by atoms with Crippen LogP contribution >= 0.6 is 46.4 Å². The maximum Gasteiger partial charge on any atom is 0.277 e. The van der Waals surface area contributed by atoms with Gasteiger partial charge in [-0.05, 0) is 96.0 Å². The third kappa shape index (κ3) is 5.52. The summed E-state index contributed by atoms with van der Waals surface area (Å²) in [5, 5.41) is 1.28. The molecule has 34 heavy (non-hydrogen) atoms. The molecule has 1 aliphatic carbocycles. The van der Waals surface area contributed by atoms with E-state index in [1.165, 1.54) is 6.42 Å². The van der Waals surface area contributed by atoms with Gasteiger partial charge in [-0.2, -0.15) is 0 Å². The molecule has 1 saturated carbocycles. The Morgan fingerprint density at radius 2 is 1.85 bits per heavy atom.